The molecule has 0 saturated carbocycles. The number of nitrogens with two attached hydrogens (primary N) is 1. The molecule has 1 aromatic heterocycles. The van der Waals surface area contributed by atoms with Crippen molar-refractivity contribution >= 4 is 17.2 Å². The van der Waals surface area contributed by atoms with Crippen molar-refractivity contribution in [3.63, 3.8) is 0 Å². The number of benzene rings is 1. The molecular weight excluding hydrogens is 291 g/mol. The maximum Gasteiger partial charge on any atom is 0.258 e. The Bertz CT molecular complexity index is 696. The number of hydrogen-bond acceptors (Lipinski definition) is 4. The molecule has 0 aliphatic carbocycles. The van der Waals surface area contributed by atoms with E-state index >= 15 is 0 Å². The normalized spacial score (nSPS) is 9.81. The van der Waals surface area contributed by atoms with E-state index in [4.69, 9.17) is 5.73 Å². The van der Waals surface area contributed by atoms with E-state index in [1.54, 1.807) is 0 Å². The highest BCUT2D eigenvalue weighted by Gasteiger charge is 2.16. The van der Waals surface area contributed by atoms with Gasteiger partial charge in [0.2, 0.25) is 0 Å². The van der Waals surface area contributed by atoms with E-state index < -0.39 is 11.7 Å². The summed E-state index contributed by atoms with van der Waals surface area (Å²) in [6, 6.07) is 5.55. The molecule has 1 aromatic carbocycles. The molecule has 4 nitrogen and oxygen atoms in total. The Morgan fingerprint density at radius 2 is 2.24 bits per heavy atom. The molecule has 0 bridgehead atoms. The molecule has 0 atom stereocenters. The number of aromatic hydroxyl groups is 1. The van der Waals surface area contributed by atoms with Gasteiger partial charge in [0.05, 0.1) is 13.1 Å². The second kappa shape index (κ2) is 6.88. The molecule has 6 heteroatoms. The quantitative estimate of drug-likeness (QED) is 0.757. The van der Waals surface area contributed by atoms with Crippen molar-refractivity contribution in [2.45, 2.75) is 6.54 Å². The molecule has 0 spiro atoms. The second-order valence-electron chi connectivity index (χ2n) is 4.08. The third-order valence-electron chi connectivity index (χ3n) is 2.70. The molecule has 0 aliphatic heterocycles. The summed E-state index contributed by atoms with van der Waals surface area (Å²) in [7, 11) is 0. The van der Waals surface area contributed by atoms with Crippen molar-refractivity contribution < 1.29 is 14.3 Å². The van der Waals surface area contributed by atoms with E-state index in [2.05, 4.69) is 17.2 Å². The van der Waals surface area contributed by atoms with Gasteiger partial charge in [0.15, 0.2) is 0 Å². The Morgan fingerprint density at radius 1 is 1.43 bits per heavy atom. The van der Waals surface area contributed by atoms with Crippen LogP contribution in [0.3, 0.4) is 0 Å². The van der Waals surface area contributed by atoms with Gasteiger partial charge in [-0.2, -0.15) is 0 Å². The van der Waals surface area contributed by atoms with Crippen LogP contribution in [0.1, 0.15) is 20.8 Å². The maximum atomic E-state index is 13.6. The fourth-order valence-electron chi connectivity index (χ4n) is 1.72. The number of rotatable bonds is 3. The van der Waals surface area contributed by atoms with Crippen molar-refractivity contribution in [3.8, 4) is 17.6 Å². The molecule has 21 heavy (non-hydrogen) atoms. The minimum atomic E-state index is -0.762. The first-order valence-corrected chi connectivity index (χ1v) is 7.02. The Hall–Kier alpha value is -2.36. The molecule has 0 fully saturated rings. The van der Waals surface area contributed by atoms with E-state index in [1.165, 1.54) is 23.5 Å². The summed E-state index contributed by atoms with van der Waals surface area (Å²) in [4.78, 5) is 12.8. The zero-order chi connectivity index (χ0) is 15.2. The minimum Gasteiger partial charge on any atom is -0.507 e. The molecule has 0 radical (unpaired) electrons. The highest BCUT2D eigenvalue weighted by molar-refractivity contribution is 7.10. The lowest BCUT2D eigenvalue weighted by Gasteiger charge is -2.07. The van der Waals surface area contributed by atoms with Crippen LogP contribution in [0.4, 0.5) is 4.39 Å². The molecule has 0 saturated heterocycles. The van der Waals surface area contributed by atoms with Crippen LogP contribution >= 0.6 is 11.3 Å². The van der Waals surface area contributed by atoms with Gasteiger partial charge in [-0.05, 0) is 23.6 Å². The molecule has 4 N–H and O–H groups in total. The first-order valence-electron chi connectivity index (χ1n) is 6.14. The molecule has 2 rings (SSSR count). The highest BCUT2D eigenvalue weighted by atomic mass is 32.1. The third kappa shape index (κ3) is 3.60. The van der Waals surface area contributed by atoms with Crippen LogP contribution in [0.15, 0.2) is 29.6 Å². The van der Waals surface area contributed by atoms with Gasteiger partial charge in [-0.25, -0.2) is 4.39 Å². The lowest BCUT2D eigenvalue weighted by Crippen LogP contribution is -2.23. The van der Waals surface area contributed by atoms with E-state index in [0.29, 0.717) is 0 Å². The van der Waals surface area contributed by atoms with Gasteiger partial charge in [-0.1, -0.05) is 17.9 Å². The Morgan fingerprint density at radius 3 is 2.95 bits per heavy atom. The lowest BCUT2D eigenvalue weighted by atomic mass is 10.1. The summed E-state index contributed by atoms with van der Waals surface area (Å²) in [6.07, 6.45) is 0. The summed E-state index contributed by atoms with van der Waals surface area (Å²) in [5.41, 5.74) is 5.74. The van der Waals surface area contributed by atoms with Crippen LogP contribution < -0.4 is 11.1 Å². The fourth-order valence-corrected chi connectivity index (χ4v) is 2.49. The van der Waals surface area contributed by atoms with E-state index in [0.717, 1.165) is 16.5 Å². The van der Waals surface area contributed by atoms with Crippen molar-refractivity contribution in [1.82, 2.24) is 5.32 Å². The summed E-state index contributed by atoms with van der Waals surface area (Å²) < 4.78 is 13.6. The van der Waals surface area contributed by atoms with Crippen molar-refractivity contribution in [1.29, 1.82) is 0 Å². The molecule has 1 heterocycles. The van der Waals surface area contributed by atoms with Crippen LogP contribution in [0, 0.1) is 17.7 Å². The van der Waals surface area contributed by atoms with Gasteiger partial charge >= 0.3 is 0 Å². The number of phenols is 1. The van der Waals surface area contributed by atoms with Crippen molar-refractivity contribution in [2.24, 2.45) is 5.73 Å². The number of phenolic OH excluding ortho intramolecular Hbond substituents is 1. The van der Waals surface area contributed by atoms with E-state index in [9.17, 15) is 14.3 Å². The Kier molecular flexibility index (Phi) is 4.93. The number of thiophene rings is 1. The number of hydrogen-bond donors (Lipinski definition) is 3. The van der Waals surface area contributed by atoms with Gasteiger partial charge in [-0.15, -0.1) is 11.3 Å². The first kappa shape index (κ1) is 15.0. The maximum absolute atomic E-state index is 13.6. The first-order chi connectivity index (χ1) is 10.1. The number of carbonyl (C=O) groups excluding carboxylic acids is 1. The summed E-state index contributed by atoms with van der Waals surface area (Å²) >= 11 is 1.43. The van der Waals surface area contributed by atoms with Crippen molar-refractivity contribution in [2.75, 3.05) is 6.54 Å². The van der Waals surface area contributed by atoms with Gasteiger partial charge in [-0.3, -0.25) is 4.79 Å². The SMILES string of the molecule is NCC#Cc1ccsc1CNC(=O)c1c(O)cccc1F. The summed E-state index contributed by atoms with van der Waals surface area (Å²) in [5, 5.41) is 14.0. The monoisotopic (exact) mass is 304 g/mol. The minimum absolute atomic E-state index is 0.207. The van der Waals surface area contributed by atoms with E-state index in [-0.39, 0.29) is 24.4 Å². The smallest absolute Gasteiger partial charge is 0.258 e. The molecule has 0 aliphatic rings. The van der Waals surface area contributed by atoms with Crippen molar-refractivity contribution in [3.05, 3.63) is 51.5 Å². The standard InChI is InChI=1S/C15H13FN2O2S/c16-11-4-1-5-12(19)14(11)15(20)18-9-13-10(3-2-7-17)6-8-21-13/h1,4-6,8,19H,7,9,17H2,(H,18,20). The summed E-state index contributed by atoms with van der Waals surface area (Å²) in [6.45, 7) is 0.462. The molecular formula is C15H13FN2O2S. The average Bonchev–Trinajstić information content (AvgIpc) is 2.90. The Balaban J connectivity index is 2.10. The van der Waals surface area contributed by atoms with Gasteiger partial charge in [0.25, 0.3) is 5.91 Å². The average molecular weight is 304 g/mol. The van der Waals surface area contributed by atoms with E-state index in [1.807, 2.05) is 11.4 Å². The lowest BCUT2D eigenvalue weighted by molar-refractivity contribution is 0.0944. The molecule has 108 valence electrons. The van der Waals surface area contributed by atoms with Crippen LogP contribution in [0.25, 0.3) is 0 Å². The number of amides is 1. The topological polar surface area (TPSA) is 75.3 Å². The Labute approximate surface area is 125 Å². The number of nitrogens with one attached hydrogen (secondary N) is 1. The highest BCUT2D eigenvalue weighted by Crippen LogP contribution is 2.20. The van der Waals surface area contributed by atoms with Crippen LogP contribution in [0.5, 0.6) is 5.75 Å². The van der Waals surface area contributed by atoms with Crippen LogP contribution in [0.2, 0.25) is 0 Å². The molecule has 1 amide bonds. The summed E-state index contributed by atoms with van der Waals surface area (Å²) in [5.74, 6) is 3.82. The van der Waals surface area contributed by atoms with Crippen LogP contribution in [-0.4, -0.2) is 17.6 Å². The number of carbonyl (C=O) groups is 1. The predicted octanol–water partition coefficient (Wildman–Crippen LogP) is 1.83. The molecule has 2 aromatic rings. The second-order valence-corrected chi connectivity index (χ2v) is 5.08. The largest absolute Gasteiger partial charge is 0.507 e. The van der Waals surface area contributed by atoms with Crippen LogP contribution in [-0.2, 0) is 6.54 Å². The van der Waals surface area contributed by atoms with Gasteiger partial charge in [0, 0.05) is 10.4 Å². The number of halogens is 1. The van der Waals surface area contributed by atoms with Gasteiger partial charge < -0.3 is 16.2 Å². The molecule has 0 unspecified atom stereocenters. The zero-order valence-corrected chi connectivity index (χ0v) is 11.8. The zero-order valence-electron chi connectivity index (χ0n) is 11.0. The third-order valence-corrected chi connectivity index (χ3v) is 3.62. The predicted molar refractivity (Wildman–Crippen MR) is 79.5 cm³/mol. The fraction of sp³-hybridized carbons (Fsp3) is 0.133. The van der Waals surface area contributed by atoms with Gasteiger partial charge in [0.1, 0.15) is 17.1 Å².